The Morgan fingerprint density at radius 2 is 2.00 bits per heavy atom. The summed E-state index contributed by atoms with van der Waals surface area (Å²) < 4.78 is 10.0. The lowest BCUT2D eigenvalue weighted by molar-refractivity contribution is -0.385. The first-order valence-electron chi connectivity index (χ1n) is 6.13. The van der Waals surface area contributed by atoms with Crippen LogP contribution in [0.3, 0.4) is 0 Å². The average Bonchev–Trinajstić information content (AvgIpc) is 2.52. The molecule has 0 aliphatic rings. The predicted molar refractivity (Wildman–Crippen MR) is 75.8 cm³/mol. The molecule has 0 spiro atoms. The molecule has 1 heterocycles. The van der Waals surface area contributed by atoms with Crippen molar-refractivity contribution in [3.8, 4) is 16.9 Å². The smallest absolute Gasteiger partial charge is 0.361 e. The van der Waals surface area contributed by atoms with Crippen LogP contribution in [0.1, 0.15) is 10.5 Å². The Balaban J connectivity index is 2.34. The molecule has 0 bridgehead atoms. The fourth-order valence-corrected chi connectivity index (χ4v) is 1.79. The third-order valence-corrected chi connectivity index (χ3v) is 2.80. The van der Waals surface area contributed by atoms with Crippen LogP contribution >= 0.6 is 0 Å². The number of nitro groups is 1. The first-order chi connectivity index (χ1) is 10.5. The van der Waals surface area contributed by atoms with Crippen molar-refractivity contribution < 1.29 is 24.3 Å². The van der Waals surface area contributed by atoms with Crippen molar-refractivity contribution in [2.75, 3.05) is 13.9 Å². The maximum atomic E-state index is 11.0. The second-order valence-corrected chi connectivity index (χ2v) is 4.23. The van der Waals surface area contributed by atoms with Gasteiger partial charge in [0.2, 0.25) is 5.69 Å². The molecule has 0 unspecified atom stereocenters. The molecule has 0 atom stereocenters. The number of rotatable bonds is 6. The molecule has 22 heavy (non-hydrogen) atoms. The Kier molecular flexibility index (Phi) is 4.64. The fourth-order valence-electron chi connectivity index (χ4n) is 1.79. The van der Waals surface area contributed by atoms with Crippen LogP contribution in [0, 0.1) is 10.1 Å². The molecule has 0 fully saturated rings. The molecule has 0 radical (unpaired) electrons. The van der Waals surface area contributed by atoms with E-state index in [1.165, 1.54) is 19.4 Å². The molecule has 1 aromatic carbocycles. The highest BCUT2D eigenvalue weighted by Crippen LogP contribution is 2.27. The summed E-state index contributed by atoms with van der Waals surface area (Å²) in [6.07, 6.45) is 1.28. The number of hydrogen-bond donors (Lipinski definition) is 1. The minimum Gasteiger partial charge on any atom is -0.476 e. The van der Waals surface area contributed by atoms with E-state index in [0.717, 1.165) is 0 Å². The zero-order valence-electron chi connectivity index (χ0n) is 11.6. The Hall–Kier alpha value is -3.00. The fraction of sp³-hybridized carbons (Fsp3) is 0.143. The van der Waals surface area contributed by atoms with Crippen molar-refractivity contribution in [3.05, 3.63) is 52.3 Å². The molecule has 0 saturated carbocycles. The lowest BCUT2D eigenvalue weighted by atomic mass is 10.1. The van der Waals surface area contributed by atoms with E-state index in [2.05, 4.69) is 4.98 Å². The SMILES string of the molecule is COCOc1ccc(-c2cnc(C(=O)O)c([N+](=O)[O-])c2)cc1. The number of aromatic nitrogens is 1. The molecule has 1 N–H and O–H groups in total. The van der Waals surface area contributed by atoms with E-state index >= 15 is 0 Å². The monoisotopic (exact) mass is 304 g/mol. The number of carboxylic acid groups (broad SMARTS) is 1. The van der Waals surface area contributed by atoms with Crippen molar-refractivity contribution >= 4 is 11.7 Å². The summed E-state index contributed by atoms with van der Waals surface area (Å²) in [6.45, 7) is 0.111. The van der Waals surface area contributed by atoms with Crippen LogP contribution in [-0.4, -0.2) is 34.9 Å². The molecule has 0 saturated heterocycles. The van der Waals surface area contributed by atoms with Gasteiger partial charge in [-0.3, -0.25) is 10.1 Å². The molecule has 0 aliphatic heterocycles. The summed E-state index contributed by atoms with van der Waals surface area (Å²) in [7, 11) is 1.50. The van der Waals surface area contributed by atoms with Crippen LogP contribution in [0.2, 0.25) is 0 Å². The van der Waals surface area contributed by atoms with E-state index in [4.69, 9.17) is 14.6 Å². The number of benzene rings is 1. The number of carbonyl (C=O) groups is 1. The standard InChI is InChI=1S/C14H12N2O6/c1-21-8-22-11-4-2-9(3-5-11)10-6-12(16(19)20)13(14(17)18)15-7-10/h2-7H,8H2,1H3,(H,17,18). The van der Waals surface area contributed by atoms with E-state index in [1.54, 1.807) is 24.3 Å². The lowest BCUT2D eigenvalue weighted by Gasteiger charge is -2.06. The Morgan fingerprint density at radius 1 is 1.32 bits per heavy atom. The molecule has 2 aromatic rings. The summed E-state index contributed by atoms with van der Waals surface area (Å²) in [6, 6.07) is 7.90. The summed E-state index contributed by atoms with van der Waals surface area (Å²) in [5.41, 5.74) is -0.0502. The molecule has 8 heteroatoms. The summed E-state index contributed by atoms with van der Waals surface area (Å²) in [5.74, 6) is -0.864. The number of pyridine rings is 1. The third kappa shape index (κ3) is 3.36. The van der Waals surface area contributed by atoms with E-state index in [-0.39, 0.29) is 6.79 Å². The first kappa shape index (κ1) is 15.4. The van der Waals surface area contributed by atoms with Gasteiger partial charge in [0.1, 0.15) is 5.75 Å². The van der Waals surface area contributed by atoms with Crippen LogP contribution < -0.4 is 4.74 Å². The van der Waals surface area contributed by atoms with Crippen molar-refractivity contribution in [2.24, 2.45) is 0 Å². The second-order valence-electron chi connectivity index (χ2n) is 4.23. The normalized spacial score (nSPS) is 10.2. The molecular formula is C14H12N2O6. The zero-order valence-corrected chi connectivity index (χ0v) is 11.6. The van der Waals surface area contributed by atoms with Gasteiger partial charge in [-0.25, -0.2) is 9.78 Å². The van der Waals surface area contributed by atoms with Gasteiger partial charge in [0.25, 0.3) is 0 Å². The third-order valence-electron chi connectivity index (χ3n) is 2.80. The quantitative estimate of drug-likeness (QED) is 0.495. The molecule has 114 valence electrons. The van der Waals surface area contributed by atoms with Crippen molar-refractivity contribution in [1.29, 1.82) is 0 Å². The second kappa shape index (κ2) is 6.64. The highest BCUT2D eigenvalue weighted by Gasteiger charge is 2.22. The van der Waals surface area contributed by atoms with Gasteiger partial charge in [-0.05, 0) is 17.7 Å². The van der Waals surface area contributed by atoms with Gasteiger partial charge in [-0.15, -0.1) is 0 Å². The van der Waals surface area contributed by atoms with Gasteiger partial charge >= 0.3 is 11.7 Å². The summed E-state index contributed by atoms with van der Waals surface area (Å²) in [4.78, 5) is 24.8. The minimum atomic E-state index is -1.44. The first-order valence-corrected chi connectivity index (χ1v) is 6.13. The van der Waals surface area contributed by atoms with Gasteiger partial charge in [0.05, 0.1) is 4.92 Å². The van der Waals surface area contributed by atoms with Crippen molar-refractivity contribution in [2.45, 2.75) is 0 Å². The number of nitrogens with zero attached hydrogens (tertiary/aromatic N) is 2. The van der Waals surface area contributed by atoms with Gasteiger partial charge in [0, 0.05) is 24.9 Å². The van der Waals surface area contributed by atoms with Gasteiger partial charge in [0.15, 0.2) is 6.79 Å². The molecular weight excluding hydrogens is 292 g/mol. The molecule has 0 aliphatic carbocycles. The number of carboxylic acids is 1. The number of hydrogen-bond acceptors (Lipinski definition) is 6. The van der Waals surface area contributed by atoms with E-state index in [9.17, 15) is 14.9 Å². The van der Waals surface area contributed by atoms with Crippen LogP contribution in [0.5, 0.6) is 5.75 Å². The molecule has 1 aromatic heterocycles. The summed E-state index contributed by atoms with van der Waals surface area (Å²) >= 11 is 0. The minimum absolute atomic E-state index is 0.111. The highest BCUT2D eigenvalue weighted by atomic mass is 16.7. The maximum Gasteiger partial charge on any atom is 0.361 e. The number of methoxy groups -OCH3 is 1. The number of aromatic carboxylic acids is 1. The number of ether oxygens (including phenoxy) is 2. The van der Waals surface area contributed by atoms with Crippen LogP contribution in [0.15, 0.2) is 36.5 Å². The van der Waals surface area contributed by atoms with Crippen molar-refractivity contribution in [3.63, 3.8) is 0 Å². The largest absolute Gasteiger partial charge is 0.476 e. The average molecular weight is 304 g/mol. The van der Waals surface area contributed by atoms with Gasteiger partial charge in [-0.1, -0.05) is 12.1 Å². The topological polar surface area (TPSA) is 112 Å². The van der Waals surface area contributed by atoms with Gasteiger partial charge in [-0.2, -0.15) is 0 Å². The molecule has 2 rings (SSSR count). The molecule has 0 amide bonds. The van der Waals surface area contributed by atoms with E-state index in [0.29, 0.717) is 16.9 Å². The van der Waals surface area contributed by atoms with Crippen LogP contribution in [-0.2, 0) is 4.74 Å². The van der Waals surface area contributed by atoms with Crippen molar-refractivity contribution in [1.82, 2.24) is 4.98 Å². The maximum absolute atomic E-state index is 11.0. The van der Waals surface area contributed by atoms with Gasteiger partial charge < -0.3 is 14.6 Å². The predicted octanol–water partition coefficient (Wildman–Crippen LogP) is 2.34. The van der Waals surface area contributed by atoms with E-state index in [1.807, 2.05) is 0 Å². The highest BCUT2D eigenvalue weighted by molar-refractivity contribution is 5.90. The van der Waals surface area contributed by atoms with Crippen LogP contribution in [0.25, 0.3) is 11.1 Å². The lowest BCUT2D eigenvalue weighted by Crippen LogP contribution is -2.05. The molecule has 8 nitrogen and oxygen atoms in total. The Morgan fingerprint density at radius 3 is 2.55 bits per heavy atom. The van der Waals surface area contributed by atoms with Crippen LogP contribution in [0.4, 0.5) is 5.69 Å². The summed E-state index contributed by atoms with van der Waals surface area (Å²) in [5, 5.41) is 19.8. The Bertz CT molecular complexity index is 699. The Labute approximate surface area is 125 Å². The zero-order chi connectivity index (χ0) is 16.1. The van der Waals surface area contributed by atoms with E-state index < -0.39 is 22.3 Å².